The van der Waals surface area contributed by atoms with E-state index in [4.69, 9.17) is 5.11 Å². The monoisotopic (exact) mass is 536 g/mol. The number of benzene rings is 2. The van der Waals surface area contributed by atoms with E-state index in [9.17, 15) is 14.7 Å². The third-order valence-electron chi connectivity index (χ3n) is 7.06. The Morgan fingerprint density at radius 2 is 1.36 bits per heavy atom. The average molecular weight is 537 g/mol. The highest BCUT2D eigenvalue weighted by atomic mass is 16.4. The zero-order chi connectivity index (χ0) is 29.3. The van der Waals surface area contributed by atoms with Crippen LogP contribution in [-0.4, -0.2) is 50.6 Å². The van der Waals surface area contributed by atoms with E-state index in [0.717, 1.165) is 61.3 Å². The van der Waals surface area contributed by atoms with Gasteiger partial charge in [-0.3, -0.25) is 9.59 Å². The van der Waals surface area contributed by atoms with Crippen molar-refractivity contribution in [2.45, 2.75) is 99.3 Å². The number of hydrogen-bond donors (Lipinski definition) is 2. The first-order valence-corrected chi connectivity index (χ1v) is 14.0. The molecule has 2 aromatic carbocycles. The predicted molar refractivity (Wildman–Crippen MR) is 159 cm³/mol. The number of piperidine rings is 1. The summed E-state index contributed by atoms with van der Waals surface area (Å²) < 4.78 is 0. The van der Waals surface area contributed by atoms with Crippen molar-refractivity contribution in [1.29, 1.82) is 0 Å². The summed E-state index contributed by atoms with van der Waals surface area (Å²) in [6.07, 6.45) is 5.40. The zero-order valence-corrected chi connectivity index (χ0v) is 25.1. The van der Waals surface area contributed by atoms with E-state index >= 15 is 0 Å². The van der Waals surface area contributed by atoms with Gasteiger partial charge in [-0.15, -0.1) is 0 Å². The Kier molecular flexibility index (Phi) is 11.8. The van der Waals surface area contributed by atoms with Crippen LogP contribution >= 0.6 is 0 Å². The number of carbonyl (C=O) groups is 2. The molecule has 0 aromatic heterocycles. The zero-order valence-electron chi connectivity index (χ0n) is 25.1. The molecule has 6 heteroatoms. The smallest absolute Gasteiger partial charge is 0.307 e. The van der Waals surface area contributed by atoms with Crippen LogP contribution in [0.4, 0.5) is 0 Å². The number of aliphatic hydroxyl groups is 1. The molecule has 2 aliphatic heterocycles. The molecule has 39 heavy (non-hydrogen) atoms. The molecule has 1 fully saturated rings. The van der Waals surface area contributed by atoms with Crippen LogP contribution in [0, 0.1) is 27.7 Å². The molecule has 0 radical (unpaired) electrons. The van der Waals surface area contributed by atoms with Crippen molar-refractivity contribution in [2.75, 3.05) is 13.1 Å². The fourth-order valence-corrected chi connectivity index (χ4v) is 5.13. The van der Waals surface area contributed by atoms with Crippen LogP contribution < -0.4 is 0 Å². The second-order valence-corrected chi connectivity index (χ2v) is 11.8. The summed E-state index contributed by atoms with van der Waals surface area (Å²) in [6.45, 7) is 20.5. The molecule has 6 nitrogen and oxygen atoms in total. The summed E-state index contributed by atoms with van der Waals surface area (Å²) in [4.78, 5) is 28.4. The standard InChI is InChI=1S/C21H28N2O3.C8H10.C4H10O/c1-4-22-12-18-14(2)16(10-20(24)23-8-6-5-7-9-23)17(11-21(25)26)15(3)19(18)13-22;1-7-4-3-5-8(2)6-7;1-4(2,3)5/h4H,1,5-13H2,2-3H3,(H,25,26);3-6H,1-2H3;5H,1-3H3. The van der Waals surface area contributed by atoms with Gasteiger partial charge in [0.2, 0.25) is 5.91 Å². The molecule has 0 unspecified atom stereocenters. The first-order valence-electron chi connectivity index (χ1n) is 14.0. The van der Waals surface area contributed by atoms with Crippen LogP contribution in [0.3, 0.4) is 0 Å². The van der Waals surface area contributed by atoms with E-state index < -0.39 is 11.6 Å². The summed E-state index contributed by atoms with van der Waals surface area (Å²) >= 11 is 0. The maximum atomic E-state index is 12.8. The topological polar surface area (TPSA) is 81.1 Å². The molecule has 0 bridgehead atoms. The number of fused-ring (bicyclic) bond motifs is 1. The fraction of sp³-hybridized carbons (Fsp3) is 0.515. The molecule has 2 heterocycles. The summed E-state index contributed by atoms with van der Waals surface area (Å²) in [5.74, 6) is -0.727. The fourth-order valence-electron chi connectivity index (χ4n) is 5.13. The largest absolute Gasteiger partial charge is 0.481 e. The highest BCUT2D eigenvalue weighted by Crippen LogP contribution is 2.35. The van der Waals surface area contributed by atoms with Crippen LogP contribution in [0.2, 0.25) is 0 Å². The molecule has 0 aliphatic carbocycles. The molecular formula is C33H48N2O4. The molecule has 4 rings (SSSR count). The third-order valence-corrected chi connectivity index (χ3v) is 7.06. The van der Waals surface area contributed by atoms with E-state index in [1.54, 1.807) is 20.8 Å². The van der Waals surface area contributed by atoms with E-state index in [2.05, 4.69) is 49.6 Å². The van der Waals surface area contributed by atoms with Gasteiger partial charge in [0.15, 0.2) is 0 Å². The predicted octanol–water partition coefficient (Wildman–Crippen LogP) is 6.03. The molecule has 0 saturated carbocycles. The Bertz CT molecular complexity index is 1130. The molecule has 0 spiro atoms. The van der Waals surface area contributed by atoms with Crippen molar-refractivity contribution in [2.24, 2.45) is 0 Å². The minimum absolute atomic E-state index is 0.0311. The molecular weight excluding hydrogens is 488 g/mol. The van der Waals surface area contributed by atoms with Gasteiger partial charge in [0.05, 0.1) is 18.4 Å². The normalized spacial score (nSPS) is 14.5. The number of carbonyl (C=O) groups excluding carboxylic acids is 1. The van der Waals surface area contributed by atoms with Crippen molar-refractivity contribution >= 4 is 11.9 Å². The number of rotatable bonds is 5. The van der Waals surface area contributed by atoms with Gasteiger partial charge < -0.3 is 20.0 Å². The van der Waals surface area contributed by atoms with Crippen LogP contribution in [-0.2, 0) is 35.5 Å². The number of aliphatic carboxylic acids is 1. The Labute approximate surface area is 235 Å². The number of carboxylic acids is 1. The lowest BCUT2D eigenvalue weighted by molar-refractivity contribution is -0.136. The minimum Gasteiger partial charge on any atom is -0.481 e. The SMILES string of the molecule is C=CN1Cc2c(C)c(CC(=O)O)c(CC(=O)N3CCCCC3)c(C)c2C1.CC(C)(C)O.Cc1cccc(C)c1. The Hall–Kier alpha value is -3.12. The second-order valence-electron chi connectivity index (χ2n) is 11.8. The van der Waals surface area contributed by atoms with Gasteiger partial charge in [0.25, 0.3) is 0 Å². The molecule has 2 aliphatic rings. The quantitative estimate of drug-likeness (QED) is 0.488. The van der Waals surface area contributed by atoms with Gasteiger partial charge in [0.1, 0.15) is 0 Å². The maximum absolute atomic E-state index is 12.8. The lowest BCUT2D eigenvalue weighted by Gasteiger charge is -2.28. The number of nitrogens with zero attached hydrogens (tertiary/aromatic N) is 2. The molecule has 2 N–H and O–H groups in total. The van der Waals surface area contributed by atoms with E-state index in [1.807, 2.05) is 24.9 Å². The number of hydrogen-bond acceptors (Lipinski definition) is 4. The van der Waals surface area contributed by atoms with Crippen molar-refractivity contribution in [3.8, 4) is 0 Å². The van der Waals surface area contributed by atoms with Crippen LogP contribution in [0.25, 0.3) is 0 Å². The van der Waals surface area contributed by atoms with Crippen LogP contribution in [0.15, 0.2) is 37.0 Å². The van der Waals surface area contributed by atoms with Gasteiger partial charge >= 0.3 is 5.97 Å². The maximum Gasteiger partial charge on any atom is 0.307 e. The van der Waals surface area contributed by atoms with Crippen LogP contribution in [0.1, 0.15) is 84.5 Å². The van der Waals surface area contributed by atoms with E-state index in [0.29, 0.717) is 6.42 Å². The summed E-state index contributed by atoms with van der Waals surface area (Å²) in [6, 6.07) is 8.45. The Morgan fingerprint density at radius 1 is 0.897 bits per heavy atom. The summed E-state index contributed by atoms with van der Waals surface area (Å²) in [5.41, 5.74) is 8.46. The molecule has 0 atom stereocenters. The lowest BCUT2D eigenvalue weighted by atomic mass is 9.86. The molecule has 1 amide bonds. The first kappa shape index (κ1) is 32.1. The highest BCUT2D eigenvalue weighted by molar-refractivity contribution is 5.81. The second kappa shape index (κ2) is 14.3. The Balaban J connectivity index is 0.000000337. The van der Waals surface area contributed by atoms with Gasteiger partial charge in [-0.1, -0.05) is 42.0 Å². The van der Waals surface area contributed by atoms with E-state index in [1.165, 1.54) is 28.7 Å². The van der Waals surface area contributed by atoms with Crippen molar-refractivity contribution in [1.82, 2.24) is 9.80 Å². The molecule has 1 saturated heterocycles. The highest BCUT2D eigenvalue weighted by Gasteiger charge is 2.28. The number of likely N-dealkylation sites (tertiary alicyclic amines) is 1. The number of amides is 1. The molecule has 2 aromatic rings. The summed E-state index contributed by atoms with van der Waals surface area (Å²) in [7, 11) is 0. The molecule has 214 valence electrons. The number of aryl methyl sites for hydroxylation is 2. The first-order chi connectivity index (χ1) is 18.2. The van der Waals surface area contributed by atoms with Crippen molar-refractivity contribution in [3.63, 3.8) is 0 Å². The van der Waals surface area contributed by atoms with Crippen molar-refractivity contribution < 1.29 is 19.8 Å². The Morgan fingerprint density at radius 3 is 1.74 bits per heavy atom. The number of carboxylic acid groups (broad SMARTS) is 1. The van der Waals surface area contributed by atoms with Gasteiger partial charge in [-0.25, -0.2) is 0 Å². The lowest BCUT2D eigenvalue weighted by Crippen LogP contribution is -2.37. The van der Waals surface area contributed by atoms with Gasteiger partial charge in [0, 0.05) is 26.2 Å². The van der Waals surface area contributed by atoms with Crippen LogP contribution in [0.5, 0.6) is 0 Å². The van der Waals surface area contributed by atoms with Gasteiger partial charge in [-0.2, -0.15) is 0 Å². The minimum atomic E-state index is -0.849. The van der Waals surface area contributed by atoms with Gasteiger partial charge in [-0.05, 0) is 107 Å². The van der Waals surface area contributed by atoms with E-state index in [-0.39, 0.29) is 12.3 Å². The summed E-state index contributed by atoms with van der Waals surface area (Å²) in [5, 5.41) is 17.9. The third kappa shape index (κ3) is 10.2. The van der Waals surface area contributed by atoms with Crippen molar-refractivity contribution in [3.05, 3.63) is 81.6 Å². The average Bonchev–Trinajstić information content (AvgIpc) is 3.29.